The number of rotatable bonds is 2. The Morgan fingerprint density at radius 1 is 0.950 bits per heavy atom. The first kappa shape index (κ1) is 15.0. The Labute approximate surface area is 128 Å². The topological polar surface area (TPSA) is 29.1 Å². The van der Waals surface area contributed by atoms with Gasteiger partial charge in [0.1, 0.15) is 0 Å². The van der Waals surface area contributed by atoms with Gasteiger partial charge in [0.2, 0.25) is 0 Å². The molecule has 0 bridgehead atoms. The standard InChI is InChI=1S/C13H6Cl3F2NO/c14-6-1-2-12(9(16)3-6)19-13(20)7-4-10(17)11(18)5-8(7)15/h1-5H,(H,19,20). The number of nitrogens with one attached hydrogen (secondary N) is 1. The van der Waals surface area contributed by atoms with E-state index in [1.807, 2.05) is 0 Å². The molecule has 2 aromatic rings. The van der Waals surface area contributed by atoms with Crippen LogP contribution < -0.4 is 5.32 Å². The van der Waals surface area contributed by atoms with E-state index in [1.54, 1.807) is 0 Å². The molecule has 0 saturated carbocycles. The molecular formula is C13H6Cl3F2NO. The molecule has 2 aromatic carbocycles. The van der Waals surface area contributed by atoms with Gasteiger partial charge in [-0.2, -0.15) is 0 Å². The van der Waals surface area contributed by atoms with Crippen LogP contribution in [0, 0.1) is 11.6 Å². The summed E-state index contributed by atoms with van der Waals surface area (Å²) in [5.41, 5.74) is 0.0819. The lowest BCUT2D eigenvalue weighted by Gasteiger charge is -2.09. The molecule has 0 atom stereocenters. The second-order valence-electron chi connectivity index (χ2n) is 3.82. The van der Waals surface area contributed by atoms with E-state index in [0.29, 0.717) is 5.02 Å². The van der Waals surface area contributed by atoms with E-state index in [-0.39, 0.29) is 21.3 Å². The normalized spacial score (nSPS) is 10.4. The summed E-state index contributed by atoms with van der Waals surface area (Å²) >= 11 is 17.3. The Morgan fingerprint density at radius 2 is 1.60 bits per heavy atom. The van der Waals surface area contributed by atoms with Gasteiger partial charge in [-0.15, -0.1) is 0 Å². The molecule has 7 heteroatoms. The maximum Gasteiger partial charge on any atom is 0.257 e. The van der Waals surface area contributed by atoms with Crippen LogP contribution in [0.15, 0.2) is 30.3 Å². The van der Waals surface area contributed by atoms with Crippen LogP contribution in [-0.4, -0.2) is 5.91 Å². The summed E-state index contributed by atoms with van der Waals surface area (Å²) in [5.74, 6) is -3.00. The number of hydrogen-bond acceptors (Lipinski definition) is 1. The molecule has 0 aliphatic heterocycles. The van der Waals surface area contributed by atoms with E-state index in [0.717, 1.165) is 12.1 Å². The molecule has 104 valence electrons. The first-order valence-corrected chi connectivity index (χ1v) is 6.43. The van der Waals surface area contributed by atoms with Crippen molar-refractivity contribution in [2.75, 3.05) is 5.32 Å². The summed E-state index contributed by atoms with van der Waals surface area (Å²) in [5, 5.41) is 2.85. The Bertz CT molecular complexity index is 692. The van der Waals surface area contributed by atoms with Crippen LogP contribution in [0.1, 0.15) is 10.4 Å². The highest BCUT2D eigenvalue weighted by molar-refractivity contribution is 6.37. The third-order valence-electron chi connectivity index (χ3n) is 2.43. The smallest absolute Gasteiger partial charge is 0.257 e. The summed E-state index contributed by atoms with van der Waals surface area (Å²) in [6.45, 7) is 0. The Morgan fingerprint density at radius 3 is 2.25 bits per heavy atom. The lowest BCUT2D eigenvalue weighted by molar-refractivity contribution is 0.102. The van der Waals surface area contributed by atoms with Crippen molar-refractivity contribution < 1.29 is 13.6 Å². The van der Waals surface area contributed by atoms with Crippen LogP contribution in [0.5, 0.6) is 0 Å². The van der Waals surface area contributed by atoms with Gasteiger partial charge in [-0.3, -0.25) is 4.79 Å². The first-order chi connectivity index (χ1) is 9.38. The molecule has 0 fully saturated rings. The molecule has 0 spiro atoms. The van der Waals surface area contributed by atoms with Crippen LogP contribution >= 0.6 is 34.8 Å². The Balaban J connectivity index is 2.31. The van der Waals surface area contributed by atoms with Crippen molar-refractivity contribution in [1.29, 1.82) is 0 Å². The fraction of sp³-hybridized carbons (Fsp3) is 0. The predicted molar refractivity (Wildman–Crippen MR) is 75.8 cm³/mol. The molecule has 0 aliphatic carbocycles. The highest BCUT2D eigenvalue weighted by atomic mass is 35.5. The van der Waals surface area contributed by atoms with Crippen molar-refractivity contribution in [3.63, 3.8) is 0 Å². The van der Waals surface area contributed by atoms with E-state index in [1.165, 1.54) is 18.2 Å². The Hall–Kier alpha value is -1.36. The second kappa shape index (κ2) is 5.95. The number of carbonyl (C=O) groups excluding carboxylic acids is 1. The molecule has 2 rings (SSSR count). The van der Waals surface area contributed by atoms with E-state index in [4.69, 9.17) is 34.8 Å². The number of amides is 1. The molecular weight excluding hydrogens is 331 g/mol. The van der Waals surface area contributed by atoms with Crippen LogP contribution in [0.25, 0.3) is 0 Å². The van der Waals surface area contributed by atoms with Crippen molar-refractivity contribution in [1.82, 2.24) is 0 Å². The van der Waals surface area contributed by atoms with Crippen LogP contribution in [-0.2, 0) is 0 Å². The minimum Gasteiger partial charge on any atom is -0.321 e. The molecule has 0 aromatic heterocycles. The minimum atomic E-state index is -1.17. The molecule has 1 amide bonds. The zero-order valence-corrected chi connectivity index (χ0v) is 12.0. The van der Waals surface area contributed by atoms with Crippen LogP contribution in [0.2, 0.25) is 15.1 Å². The third kappa shape index (κ3) is 3.20. The number of hydrogen-bond donors (Lipinski definition) is 1. The van der Waals surface area contributed by atoms with Crippen molar-refractivity contribution in [3.05, 3.63) is 62.6 Å². The molecule has 20 heavy (non-hydrogen) atoms. The monoisotopic (exact) mass is 335 g/mol. The quantitative estimate of drug-likeness (QED) is 0.752. The van der Waals surface area contributed by atoms with Gasteiger partial charge in [0, 0.05) is 5.02 Å². The number of carbonyl (C=O) groups is 1. The maximum atomic E-state index is 13.1. The van der Waals surface area contributed by atoms with Crippen LogP contribution in [0.4, 0.5) is 14.5 Å². The zero-order chi connectivity index (χ0) is 14.9. The van der Waals surface area contributed by atoms with Gasteiger partial charge in [-0.25, -0.2) is 8.78 Å². The molecule has 1 N–H and O–H groups in total. The molecule has 0 unspecified atom stereocenters. The lowest BCUT2D eigenvalue weighted by Crippen LogP contribution is -2.13. The average Bonchev–Trinajstić information content (AvgIpc) is 2.37. The van der Waals surface area contributed by atoms with Gasteiger partial charge in [-0.1, -0.05) is 34.8 Å². The molecule has 0 radical (unpaired) electrons. The number of benzene rings is 2. The largest absolute Gasteiger partial charge is 0.321 e. The van der Waals surface area contributed by atoms with E-state index >= 15 is 0 Å². The second-order valence-corrected chi connectivity index (χ2v) is 5.08. The van der Waals surface area contributed by atoms with Gasteiger partial charge >= 0.3 is 0 Å². The minimum absolute atomic E-state index is 0.198. The van der Waals surface area contributed by atoms with E-state index < -0.39 is 17.5 Å². The highest BCUT2D eigenvalue weighted by Crippen LogP contribution is 2.27. The number of halogens is 5. The van der Waals surface area contributed by atoms with E-state index in [2.05, 4.69) is 5.32 Å². The SMILES string of the molecule is O=C(Nc1ccc(Cl)cc1Cl)c1cc(F)c(F)cc1Cl. The Kier molecular flexibility index (Phi) is 4.48. The fourth-order valence-electron chi connectivity index (χ4n) is 1.48. The van der Waals surface area contributed by atoms with Gasteiger partial charge in [0.15, 0.2) is 11.6 Å². The molecule has 0 saturated heterocycles. The molecule has 0 aliphatic rings. The van der Waals surface area contributed by atoms with Gasteiger partial charge in [0.25, 0.3) is 5.91 Å². The molecule has 0 heterocycles. The summed E-state index contributed by atoms with van der Waals surface area (Å²) in [6, 6.07) is 5.89. The third-order valence-corrected chi connectivity index (χ3v) is 3.29. The zero-order valence-electron chi connectivity index (χ0n) is 9.68. The maximum absolute atomic E-state index is 13.1. The van der Waals surface area contributed by atoms with Crippen LogP contribution in [0.3, 0.4) is 0 Å². The predicted octanol–water partition coefficient (Wildman–Crippen LogP) is 5.18. The van der Waals surface area contributed by atoms with Gasteiger partial charge in [-0.05, 0) is 30.3 Å². The average molecular weight is 337 g/mol. The summed E-state index contributed by atoms with van der Waals surface area (Å²) < 4.78 is 26.1. The molecule has 2 nitrogen and oxygen atoms in total. The van der Waals surface area contributed by atoms with Crippen molar-refractivity contribution in [2.24, 2.45) is 0 Å². The van der Waals surface area contributed by atoms with Gasteiger partial charge < -0.3 is 5.32 Å². The summed E-state index contributed by atoms with van der Waals surface area (Å²) in [6.07, 6.45) is 0. The first-order valence-electron chi connectivity index (χ1n) is 5.29. The van der Waals surface area contributed by atoms with Crippen molar-refractivity contribution in [2.45, 2.75) is 0 Å². The summed E-state index contributed by atoms with van der Waals surface area (Å²) in [7, 11) is 0. The highest BCUT2D eigenvalue weighted by Gasteiger charge is 2.16. The van der Waals surface area contributed by atoms with Crippen molar-refractivity contribution >= 4 is 46.4 Å². The van der Waals surface area contributed by atoms with Crippen molar-refractivity contribution in [3.8, 4) is 0 Å². The number of anilines is 1. The van der Waals surface area contributed by atoms with E-state index in [9.17, 15) is 13.6 Å². The summed E-state index contributed by atoms with van der Waals surface area (Å²) in [4.78, 5) is 12.0. The lowest BCUT2D eigenvalue weighted by atomic mass is 10.2. The fourth-order valence-corrected chi connectivity index (χ4v) is 2.17. The van der Waals surface area contributed by atoms with Gasteiger partial charge in [0.05, 0.1) is 21.3 Å².